The number of benzene rings is 2. The van der Waals surface area contributed by atoms with E-state index in [0.29, 0.717) is 13.0 Å². The highest BCUT2D eigenvalue weighted by atomic mass is 16.5. The van der Waals surface area contributed by atoms with Crippen LogP contribution in [0.25, 0.3) is 0 Å². The van der Waals surface area contributed by atoms with E-state index in [1.165, 1.54) is 11.1 Å². The lowest BCUT2D eigenvalue weighted by Gasteiger charge is -2.44. The maximum Gasteiger partial charge on any atom is 0.222 e. The summed E-state index contributed by atoms with van der Waals surface area (Å²) in [5.74, 6) is 1.05. The van der Waals surface area contributed by atoms with Gasteiger partial charge in [-0.25, -0.2) is 0 Å². The van der Waals surface area contributed by atoms with E-state index in [4.69, 9.17) is 4.74 Å². The molecule has 2 aromatic carbocycles. The number of carbonyl (C=O) groups is 1. The van der Waals surface area contributed by atoms with Crippen molar-refractivity contribution in [3.8, 4) is 5.75 Å². The third kappa shape index (κ3) is 3.99. The molecule has 0 bridgehead atoms. The van der Waals surface area contributed by atoms with Gasteiger partial charge in [-0.1, -0.05) is 24.3 Å². The second-order valence-corrected chi connectivity index (χ2v) is 8.08. The Hall–Kier alpha value is -2.53. The van der Waals surface area contributed by atoms with Gasteiger partial charge in [-0.2, -0.15) is 0 Å². The molecule has 1 amide bonds. The molecule has 1 spiro atoms. The number of hydrogen-bond acceptors (Lipinski definition) is 4. The van der Waals surface area contributed by atoms with E-state index in [2.05, 4.69) is 52.8 Å². The quantitative estimate of drug-likeness (QED) is 0.857. The molecule has 2 N–H and O–H groups in total. The Morgan fingerprint density at radius 1 is 1.14 bits per heavy atom. The Bertz CT molecular complexity index is 857. The number of amides is 1. The van der Waals surface area contributed by atoms with Crippen LogP contribution < -0.4 is 15.4 Å². The normalized spacial score (nSPS) is 19.1. The van der Waals surface area contributed by atoms with E-state index in [9.17, 15) is 4.79 Å². The number of fused-ring (bicyclic) bond motifs is 1. The molecular formula is C23H29N3O2. The molecule has 0 aliphatic carbocycles. The van der Waals surface area contributed by atoms with Gasteiger partial charge in [0.15, 0.2) is 0 Å². The summed E-state index contributed by atoms with van der Waals surface area (Å²) in [4.78, 5) is 14.9. The number of hydrogen-bond donors (Lipinski definition) is 2. The van der Waals surface area contributed by atoms with Crippen LogP contribution in [0, 0.1) is 6.92 Å². The zero-order valence-corrected chi connectivity index (χ0v) is 16.8. The van der Waals surface area contributed by atoms with Crippen LogP contribution in [-0.2, 0) is 17.9 Å². The molecule has 4 rings (SSSR count). The van der Waals surface area contributed by atoms with E-state index >= 15 is 0 Å². The lowest BCUT2D eigenvalue weighted by molar-refractivity contribution is -0.122. The average molecular weight is 380 g/mol. The van der Waals surface area contributed by atoms with Crippen LogP contribution in [0.15, 0.2) is 42.5 Å². The fourth-order valence-electron chi connectivity index (χ4n) is 4.34. The number of para-hydroxylation sites is 1. The van der Waals surface area contributed by atoms with Gasteiger partial charge in [-0.05, 0) is 54.7 Å². The number of nitrogens with one attached hydrogen (secondary N) is 2. The third-order valence-corrected chi connectivity index (χ3v) is 6.15. The number of carbonyl (C=O) groups excluding carboxylic acids is 1. The van der Waals surface area contributed by atoms with Crippen molar-refractivity contribution < 1.29 is 9.53 Å². The van der Waals surface area contributed by atoms with E-state index < -0.39 is 0 Å². The summed E-state index contributed by atoms with van der Waals surface area (Å²) in [5, 5.41) is 6.83. The van der Waals surface area contributed by atoms with Crippen molar-refractivity contribution in [1.29, 1.82) is 0 Å². The first kappa shape index (κ1) is 18.8. The number of methoxy groups -OCH3 is 1. The van der Waals surface area contributed by atoms with Crippen molar-refractivity contribution in [2.75, 3.05) is 25.5 Å². The van der Waals surface area contributed by atoms with Crippen LogP contribution in [0.2, 0.25) is 0 Å². The van der Waals surface area contributed by atoms with Crippen molar-refractivity contribution >= 4 is 11.6 Å². The number of aryl methyl sites for hydroxylation is 1. The van der Waals surface area contributed by atoms with E-state index in [1.807, 2.05) is 12.1 Å². The topological polar surface area (TPSA) is 53.6 Å². The van der Waals surface area contributed by atoms with Gasteiger partial charge in [0.25, 0.3) is 0 Å². The van der Waals surface area contributed by atoms with Gasteiger partial charge < -0.3 is 15.4 Å². The summed E-state index contributed by atoms with van der Waals surface area (Å²) in [7, 11) is 1.70. The summed E-state index contributed by atoms with van der Waals surface area (Å²) < 4.78 is 5.32. The number of anilines is 1. The minimum Gasteiger partial charge on any atom is -0.497 e. The maximum atomic E-state index is 12.4. The first-order chi connectivity index (χ1) is 13.6. The molecule has 0 saturated carbocycles. The SMILES string of the molecule is COc1ccc(CN2CCC3(CC2)CC(=O)NCc2ccccc2N3)c(C)c1. The number of rotatable bonds is 3. The number of likely N-dealkylation sites (tertiary alicyclic amines) is 1. The molecule has 2 aliphatic rings. The molecule has 0 atom stereocenters. The zero-order chi connectivity index (χ0) is 19.6. The second kappa shape index (κ2) is 7.84. The fraction of sp³-hybridized carbons (Fsp3) is 0.435. The average Bonchev–Trinajstić information content (AvgIpc) is 2.69. The van der Waals surface area contributed by atoms with E-state index in [1.54, 1.807) is 7.11 Å². The number of ether oxygens (including phenoxy) is 1. The largest absolute Gasteiger partial charge is 0.497 e. The molecule has 5 nitrogen and oxygen atoms in total. The highest BCUT2D eigenvalue weighted by Gasteiger charge is 2.37. The van der Waals surface area contributed by atoms with Crippen molar-refractivity contribution in [3.05, 3.63) is 59.2 Å². The summed E-state index contributed by atoms with van der Waals surface area (Å²) in [6.45, 7) is 5.64. The zero-order valence-electron chi connectivity index (χ0n) is 16.8. The summed E-state index contributed by atoms with van der Waals surface area (Å²) in [6.07, 6.45) is 2.46. The summed E-state index contributed by atoms with van der Waals surface area (Å²) in [6, 6.07) is 14.6. The van der Waals surface area contributed by atoms with Crippen LogP contribution in [0.5, 0.6) is 5.75 Å². The standard InChI is InChI=1S/C23H29N3O2/c1-17-13-20(28-2)8-7-19(17)16-26-11-9-23(10-12-26)14-22(27)24-15-18-5-3-4-6-21(18)25-23/h3-8,13,25H,9-12,14-16H2,1-2H3,(H,24,27). The number of piperidine rings is 1. The minimum absolute atomic E-state index is 0.140. The van der Waals surface area contributed by atoms with Gasteiger partial charge in [-0.15, -0.1) is 0 Å². The first-order valence-corrected chi connectivity index (χ1v) is 10.1. The lowest BCUT2D eigenvalue weighted by atomic mass is 9.82. The highest BCUT2D eigenvalue weighted by molar-refractivity contribution is 5.79. The smallest absolute Gasteiger partial charge is 0.222 e. The summed E-state index contributed by atoms with van der Waals surface area (Å²) >= 11 is 0. The molecular weight excluding hydrogens is 350 g/mol. The molecule has 148 valence electrons. The molecule has 1 fully saturated rings. The monoisotopic (exact) mass is 379 g/mol. The fourth-order valence-corrected chi connectivity index (χ4v) is 4.34. The molecule has 0 radical (unpaired) electrons. The van der Waals surface area contributed by atoms with Gasteiger partial charge in [0.05, 0.1) is 7.11 Å². The van der Waals surface area contributed by atoms with E-state index in [0.717, 1.165) is 49.5 Å². The van der Waals surface area contributed by atoms with Gasteiger partial charge in [0.1, 0.15) is 5.75 Å². The van der Waals surface area contributed by atoms with Crippen molar-refractivity contribution in [2.24, 2.45) is 0 Å². The van der Waals surface area contributed by atoms with Crippen LogP contribution in [0.3, 0.4) is 0 Å². The van der Waals surface area contributed by atoms with Crippen LogP contribution in [0.4, 0.5) is 5.69 Å². The van der Waals surface area contributed by atoms with Crippen molar-refractivity contribution in [1.82, 2.24) is 10.2 Å². The molecule has 2 heterocycles. The molecule has 0 aromatic heterocycles. The molecule has 2 aromatic rings. The lowest BCUT2D eigenvalue weighted by Crippen LogP contribution is -2.52. The molecule has 28 heavy (non-hydrogen) atoms. The Balaban J connectivity index is 1.46. The molecule has 5 heteroatoms. The van der Waals surface area contributed by atoms with Crippen molar-refractivity contribution in [3.63, 3.8) is 0 Å². The van der Waals surface area contributed by atoms with Gasteiger partial charge >= 0.3 is 0 Å². The molecule has 0 unspecified atom stereocenters. The van der Waals surface area contributed by atoms with E-state index in [-0.39, 0.29) is 11.4 Å². The summed E-state index contributed by atoms with van der Waals surface area (Å²) in [5.41, 5.74) is 4.75. The van der Waals surface area contributed by atoms with Crippen LogP contribution >= 0.6 is 0 Å². The highest BCUT2D eigenvalue weighted by Crippen LogP contribution is 2.33. The Labute approximate surface area is 167 Å². The maximum absolute atomic E-state index is 12.4. The minimum atomic E-state index is -0.161. The molecule has 1 saturated heterocycles. The Morgan fingerprint density at radius 3 is 2.68 bits per heavy atom. The Morgan fingerprint density at radius 2 is 1.93 bits per heavy atom. The predicted octanol–water partition coefficient (Wildman–Crippen LogP) is 3.47. The third-order valence-electron chi connectivity index (χ3n) is 6.15. The van der Waals surface area contributed by atoms with Gasteiger partial charge in [0, 0.05) is 43.8 Å². The second-order valence-electron chi connectivity index (χ2n) is 8.08. The van der Waals surface area contributed by atoms with Gasteiger partial charge in [-0.3, -0.25) is 9.69 Å². The van der Waals surface area contributed by atoms with Crippen LogP contribution in [0.1, 0.15) is 36.0 Å². The predicted molar refractivity (Wildman–Crippen MR) is 112 cm³/mol. The Kier molecular flexibility index (Phi) is 5.27. The van der Waals surface area contributed by atoms with Crippen LogP contribution in [-0.4, -0.2) is 36.5 Å². The van der Waals surface area contributed by atoms with Crippen molar-refractivity contribution in [2.45, 2.75) is 44.8 Å². The first-order valence-electron chi connectivity index (χ1n) is 10.1. The molecule has 2 aliphatic heterocycles. The van der Waals surface area contributed by atoms with Gasteiger partial charge in [0.2, 0.25) is 5.91 Å². The number of nitrogens with zero attached hydrogens (tertiary/aromatic N) is 1.